The Morgan fingerprint density at radius 1 is 1.47 bits per heavy atom. The standard InChI is InChI=1S/C15H21NO3/c1-18-9-3-6-14(16)15(17)11-4-2-5-13(10-11)19-12-7-8-12/h2,4-5,10,12,14H,3,6-9,16H2,1H3. The van der Waals surface area contributed by atoms with E-state index in [9.17, 15) is 4.79 Å². The summed E-state index contributed by atoms with van der Waals surface area (Å²) < 4.78 is 10.6. The Morgan fingerprint density at radius 2 is 2.26 bits per heavy atom. The third kappa shape index (κ3) is 4.33. The highest BCUT2D eigenvalue weighted by Crippen LogP contribution is 2.27. The molecule has 4 nitrogen and oxygen atoms in total. The van der Waals surface area contributed by atoms with E-state index in [1.165, 1.54) is 0 Å². The van der Waals surface area contributed by atoms with E-state index in [2.05, 4.69) is 0 Å². The molecule has 2 N–H and O–H groups in total. The lowest BCUT2D eigenvalue weighted by Gasteiger charge is -2.11. The highest BCUT2D eigenvalue weighted by molar-refractivity contribution is 6.00. The Hall–Kier alpha value is -1.39. The van der Waals surface area contributed by atoms with Crippen molar-refractivity contribution in [2.24, 2.45) is 5.73 Å². The van der Waals surface area contributed by atoms with Crippen LogP contribution in [0.2, 0.25) is 0 Å². The molecule has 0 amide bonds. The lowest BCUT2D eigenvalue weighted by atomic mass is 10.0. The van der Waals surface area contributed by atoms with Crippen LogP contribution in [0, 0.1) is 0 Å². The molecule has 1 aromatic rings. The molecular weight excluding hydrogens is 242 g/mol. The smallest absolute Gasteiger partial charge is 0.179 e. The maximum Gasteiger partial charge on any atom is 0.179 e. The van der Waals surface area contributed by atoms with Crippen LogP contribution in [-0.4, -0.2) is 31.6 Å². The molecule has 0 heterocycles. The molecule has 1 aliphatic rings. The Labute approximate surface area is 113 Å². The van der Waals surface area contributed by atoms with Crippen molar-refractivity contribution < 1.29 is 14.3 Å². The van der Waals surface area contributed by atoms with E-state index in [0.29, 0.717) is 24.7 Å². The van der Waals surface area contributed by atoms with E-state index < -0.39 is 6.04 Å². The zero-order chi connectivity index (χ0) is 13.7. The lowest BCUT2D eigenvalue weighted by Crippen LogP contribution is -2.30. The van der Waals surface area contributed by atoms with Crippen LogP contribution in [0.1, 0.15) is 36.0 Å². The molecule has 0 aliphatic heterocycles. The average Bonchev–Trinajstić information content (AvgIpc) is 3.22. The van der Waals surface area contributed by atoms with Gasteiger partial charge < -0.3 is 15.2 Å². The van der Waals surface area contributed by atoms with Gasteiger partial charge in [-0.05, 0) is 37.8 Å². The zero-order valence-electron chi connectivity index (χ0n) is 11.3. The number of ketones is 1. The summed E-state index contributed by atoms with van der Waals surface area (Å²) in [6.45, 7) is 0.631. The van der Waals surface area contributed by atoms with Crippen LogP contribution in [0.3, 0.4) is 0 Å². The quantitative estimate of drug-likeness (QED) is 0.576. The number of ether oxygens (including phenoxy) is 2. The fraction of sp³-hybridized carbons (Fsp3) is 0.533. The summed E-state index contributed by atoms with van der Waals surface area (Å²) in [4.78, 5) is 12.2. The van der Waals surface area contributed by atoms with Gasteiger partial charge in [-0.25, -0.2) is 0 Å². The summed E-state index contributed by atoms with van der Waals surface area (Å²) >= 11 is 0. The lowest BCUT2D eigenvalue weighted by molar-refractivity contribution is 0.0950. The van der Waals surface area contributed by atoms with Gasteiger partial charge in [-0.2, -0.15) is 0 Å². The maximum atomic E-state index is 12.2. The highest BCUT2D eigenvalue weighted by Gasteiger charge is 2.24. The van der Waals surface area contributed by atoms with Gasteiger partial charge in [0.25, 0.3) is 0 Å². The number of methoxy groups -OCH3 is 1. The third-order valence-electron chi connectivity index (χ3n) is 3.15. The van der Waals surface area contributed by atoms with Gasteiger partial charge in [0.05, 0.1) is 12.1 Å². The van der Waals surface area contributed by atoms with Crippen molar-refractivity contribution in [1.82, 2.24) is 0 Å². The fourth-order valence-electron chi connectivity index (χ4n) is 1.89. The Morgan fingerprint density at radius 3 is 2.95 bits per heavy atom. The highest BCUT2D eigenvalue weighted by atomic mass is 16.5. The zero-order valence-corrected chi connectivity index (χ0v) is 11.3. The first-order valence-corrected chi connectivity index (χ1v) is 6.76. The van der Waals surface area contributed by atoms with Gasteiger partial charge in [-0.1, -0.05) is 12.1 Å². The normalized spacial score (nSPS) is 16.1. The van der Waals surface area contributed by atoms with Crippen molar-refractivity contribution in [3.63, 3.8) is 0 Å². The summed E-state index contributed by atoms with van der Waals surface area (Å²) in [5.74, 6) is 0.731. The van der Waals surface area contributed by atoms with Gasteiger partial charge in [0.1, 0.15) is 5.75 Å². The summed E-state index contributed by atoms with van der Waals surface area (Å²) in [6.07, 6.45) is 3.98. The van der Waals surface area contributed by atoms with Gasteiger partial charge in [0.2, 0.25) is 0 Å². The van der Waals surface area contributed by atoms with E-state index in [-0.39, 0.29) is 5.78 Å². The summed E-state index contributed by atoms with van der Waals surface area (Å²) in [5.41, 5.74) is 6.54. The minimum atomic E-state index is -0.466. The second-order valence-electron chi connectivity index (χ2n) is 4.95. The molecule has 0 saturated heterocycles. The Kier molecular flexibility index (Phi) is 4.93. The monoisotopic (exact) mass is 263 g/mol. The molecule has 1 atom stereocenters. The number of benzene rings is 1. The molecule has 1 aliphatic carbocycles. The first kappa shape index (κ1) is 14.0. The Balaban J connectivity index is 1.93. The molecule has 0 bridgehead atoms. The van der Waals surface area contributed by atoms with Gasteiger partial charge >= 0.3 is 0 Å². The van der Waals surface area contributed by atoms with Crippen molar-refractivity contribution in [2.75, 3.05) is 13.7 Å². The van der Waals surface area contributed by atoms with E-state index in [0.717, 1.165) is 25.0 Å². The van der Waals surface area contributed by atoms with Gasteiger partial charge in [0.15, 0.2) is 5.78 Å². The number of hydrogen-bond donors (Lipinski definition) is 1. The van der Waals surface area contributed by atoms with Crippen molar-refractivity contribution in [3.8, 4) is 5.75 Å². The van der Waals surface area contributed by atoms with Crippen LogP contribution < -0.4 is 10.5 Å². The second kappa shape index (κ2) is 6.68. The molecule has 1 unspecified atom stereocenters. The first-order valence-electron chi connectivity index (χ1n) is 6.76. The first-order chi connectivity index (χ1) is 9.20. The number of hydrogen-bond acceptors (Lipinski definition) is 4. The van der Waals surface area contributed by atoms with Crippen LogP contribution in [0.25, 0.3) is 0 Å². The van der Waals surface area contributed by atoms with E-state index >= 15 is 0 Å². The van der Waals surface area contributed by atoms with Crippen LogP contribution in [0.15, 0.2) is 24.3 Å². The number of carbonyl (C=O) groups is 1. The van der Waals surface area contributed by atoms with Crippen molar-refractivity contribution in [3.05, 3.63) is 29.8 Å². The van der Waals surface area contributed by atoms with Crippen molar-refractivity contribution >= 4 is 5.78 Å². The molecule has 2 rings (SSSR count). The largest absolute Gasteiger partial charge is 0.490 e. The molecule has 104 valence electrons. The molecule has 19 heavy (non-hydrogen) atoms. The summed E-state index contributed by atoms with van der Waals surface area (Å²) in [6, 6.07) is 6.83. The second-order valence-corrected chi connectivity index (χ2v) is 4.95. The summed E-state index contributed by atoms with van der Waals surface area (Å²) in [5, 5.41) is 0. The number of Topliss-reactive ketones (excluding diaryl/α,β-unsaturated/α-hetero) is 1. The predicted molar refractivity (Wildman–Crippen MR) is 73.5 cm³/mol. The SMILES string of the molecule is COCCCC(N)C(=O)c1cccc(OC2CC2)c1. The molecule has 4 heteroatoms. The van der Waals surface area contributed by atoms with Crippen LogP contribution in [0.4, 0.5) is 0 Å². The molecular formula is C15H21NO3. The van der Waals surface area contributed by atoms with E-state index in [1.807, 2.05) is 12.1 Å². The van der Waals surface area contributed by atoms with Gasteiger partial charge in [0, 0.05) is 19.3 Å². The van der Waals surface area contributed by atoms with Gasteiger partial charge in [-0.3, -0.25) is 4.79 Å². The minimum absolute atomic E-state index is 0.0302. The van der Waals surface area contributed by atoms with Crippen molar-refractivity contribution in [1.29, 1.82) is 0 Å². The predicted octanol–water partition coefficient (Wildman–Crippen LogP) is 2.16. The molecule has 1 fully saturated rings. The molecule has 0 aromatic heterocycles. The third-order valence-corrected chi connectivity index (χ3v) is 3.15. The minimum Gasteiger partial charge on any atom is -0.490 e. The Bertz CT molecular complexity index is 429. The maximum absolute atomic E-state index is 12.2. The number of carbonyl (C=O) groups excluding carboxylic acids is 1. The van der Waals surface area contributed by atoms with Crippen LogP contribution in [0.5, 0.6) is 5.75 Å². The molecule has 1 saturated carbocycles. The number of nitrogens with two attached hydrogens (primary N) is 1. The van der Waals surface area contributed by atoms with Crippen LogP contribution in [-0.2, 0) is 4.74 Å². The van der Waals surface area contributed by atoms with E-state index in [1.54, 1.807) is 19.2 Å². The van der Waals surface area contributed by atoms with E-state index in [4.69, 9.17) is 15.2 Å². The molecule has 0 spiro atoms. The number of rotatable bonds is 8. The van der Waals surface area contributed by atoms with Gasteiger partial charge in [-0.15, -0.1) is 0 Å². The summed E-state index contributed by atoms with van der Waals surface area (Å²) in [7, 11) is 1.64. The average molecular weight is 263 g/mol. The molecule has 1 aromatic carbocycles. The van der Waals surface area contributed by atoms with Crippen molar-refractivity contribution in [2.45, 2.75) is 37.8 Å². The topological polar surface area (TPSA) is 61.5 Å². The fourth-order valence-corrected chi connectivity index (χ4v) is 1.89. The molecule has 0 radical (unpaired) electrons. The van der Waals surface area contributed by atoms with Crippen LogP contribution >= 0.6 is 0 Å².